The Hall–Kier alpha value is -2.24. The van der Waals surface area contributed by atoms with E-state index in [2.05, 4.69) is 10.3 Å². The number of hydrogen-bond acceptors (Lipinski definition) is 3. The second kappa shape index (κ2) is 4.13. The maximum absolute atomic E-state index is 10.4. The van der Waals surface area contributed by atoms with Crippen molar-refractivity contribution in [2.75, 3.05) is 0 Å². The van der Waals surface area contributed by atoms with Gasteiger partial charge in [-0.05, 0) is 24.3 Å². The van der Waals surface area contributed by atoms with Crippen LogP contribution in [0.15, 0.2) is 29.3 Å². The van der Waals surface area contributed by atoms with Crippen LogP contribution in [0.25, 0.3) is 0 Å². The third-order valence-corrected chi connectivity index (χ3v) is 1.35. The van der Waals surface area contributed by atoms with E-state index in [1.807, 2.05) is 0 Å². The van der Waals surface area contributed by atoms with Crippen LogP contribution in [0.1, 0.15) is 0 Å². The molecule has 0 saturated heterocycles. The van der Waals surface area contributed by atoms with Crippen LogP contribution in [0.5, 0.6) is 5.75 Å². The summed E-state index contributed by atoms with van der Waals surface area (Å²) in [5.41, 5.74) is 10.6. The van der Waals surface area contributed by atoms with Gasteiger partial charge in [0.1, 0.15) is 5.75 Å². The number of nitrogens with two attached hydrogens (primary N) is 2. The standard InChI is InChI=1S/C8H10N4O2/c9-7(12-8(10)14)11-5-1-3-6(13)4-2-5/h1-4,13H,(H5,9,10,11,12,14). The number of guanidine groups is 1. The number of phenols is 1. The quantitative estimate of drug-likeness (QED) is 0.373. The SMILES string of the molecule is NC(=O)NC(N)=Nc1ccc(O)cc1. The molecule has 14 heavy (non-hydrogen) atoms. The number of hydrogen-bond donors (Lipinski definition) is 4. The summed E-state index contributed by atoms with van der Waals surface area (Å²) >= 11 is 0. The van der Waals surface area contributed by atoms with Crippen molar-refractivity contribution in [2.24, 2.45) is 16.5 Å². The second-order valence-electron chi connectivity index (χ2n) is 2.50. The molecule has 0 atom stereocenters. The second-order valence-corrected chi connectivity index (χ2v) is 2.50. The number of rotatable bonds is 1. The lowest BCUT2D eigenvalue weighted by Crippen LogP contribution is -2.39. The molecule has 0 aliphatic rings. The Morgan fingerprint density at radius 2 is 1.86 bits per heavy atom. The van der Waals surface area contributed by atoms with Crippen molar-refractivity contribution in [1.82, 2.24) is 5.32 Å². The van der Waals surface area contributed by atoms with Crippen LogP contribution in [0.3, 0.4) is 0 Å². The van der Waals surface area contributed by atoms with Crippen LogP contribution in [0.2, 0.25) is 0 Å². The van der Waals surface area contributed by atoms with Crippen LogP contribution >= 0.6 is 0 Å². The van der Waals surface area contributed by atoms with Gasteiger partial charge in [0.05, 0.1) is 5.69 Å². The van der Waals surface area contributed by atoms with Gasteiger partial charge in [-0.3, -0.25) is 5.32 Å². The highest BCUT2D eigenvalue weighted by molar-refractivity contribution is 5.95. The first kappa shape index (κ1) is 9.85. The number of nitrogens with zero attached hydrogens (tertiary/aromatic N) is 1. The summed E-state index contributed by atoms with van der Waals surface area (Å²) in [6, 6.07) is 5.23. The molecule has 0 aliphatic heterocycles. The van der Waals surface area contributed by atoms with E-state index in [1.165, 1.54) is 12.1 Å². The van der Waals surface area contributed by atoms with E-state index in [9.17, 15) is 4.79 Å². The van der Waals surface area contributed by atoms with Gasteiger partial charge in [0.2, 0.25) is 5.96 Å². The van der Waals surface area contributed by atoms with Gasteiger partial charge in [0, 0.05) is 0 Å². The average Bonchev–Trinajstić information content (AvgIpc) is 2.07. The topological polar surface area (TPSA) is 114 Å². The first-order valence-electron chi connectivity index (χ1n) is 3.77. The molecule has 6 heteroatoms. The summed E-state index contributed by atoms with van der Waals surface area (Å²) in [5.74, 6) is 0.0357. The summed E-state index contributed by atoms with van der Waals surface area (Å²) in [7, 11) is 0. The van der Waals surface area contributed by atoms with Crippen LogP contribution < -0.4 is 16.8 Å². The summed E-state index contributed by atoms with van der Waals surface area (Å²) in [4.78, 5) is 14.2. The molecular weight excluding hydrogens is 184 g/mol. The van der Waals surface area contributed by atoms with Crippen molar-refractivity contribution >= 4 is 17.7 Å². The van der Waals surface area contributed by atoms with Crippen molar-refractivity contribution in [3.05, 3.63) is 24.3 Å². The van der Waals surface area contributed by atoms with Crippen molar-refractivity contribution in [3.63, 3.8) is 0 Å². The number of carbonyl (C=O) groups excluding carboxylic acids is 1. The average molecular weight is 194 g/mol. The van der Waals surface area contributed by atoms with Gasteiger partial charge < -0.3 is 16.6 Å². The zero-order valence-electron chi connectivity index (χ0n) is 7.27. The van der Waals surface area contributed by atoms with Crippen LogP contribution in [-0.2, 0) is 0 Å². The van der Waals surface area contributed by atoms with E-state index in [1.54, 1.807) is 12.1 Å². The Kier molecular flexibility index (Phi) is 2.90. The molecule has 1 aromatic carbocycles. The van der Waals surface area contributed by atoms with E-state index in [0.29, 0.717) is 5.69 Å². The third-order valence-electron chi connectivity index (χ3n) is 1.35. The monoisotopic (exact) mass is 194 g/mol. The van der Waals surface area contributed by atoms with Gasteiger partial charge in [-0.25, -0.2) is 9.79 Å². The fourth-order valence-corrected chi connectivity index (χ4v) is 0.820. The molecule has 1 aromatic rings. The maximum Gasteiger partial charge on any atom is 0.318 e. The summed E-state index contributed by atoms with van der Waals surface area (Å²) in [6.45, 7) is 0. The number of carbonyl (C=O) groups is 1. The molecule has 0 aromatic heterocycles. The number of amides is 2. The molecule has 2 amide bonds. The minimum atomic E-state index is -0.773. The molecule has 0 bridgehead atoms. The Bertz CT molecular complexity index is 358. The number of phenolic OH excluding ortho intramolecular Hbond substituents is 1. The Balaban J connectivity index is 2.76. The summed E-state index contributed by atoms with van der Waals surface area (Å²) in [5, 5.41) is 11.1. The number of nitrogens with one attached hydrogen (secondary N) is 1. The van der Waals surface area contributed by atoms with Crippen LogP contribution in [0, 0.1) is 0 Å². The largest absolute Gasteiger partial charge is 0.508 e. The van der Waals surface area contributed by atoms with Crippen molar-refractivity contribution in [3.8, 4) is 5.75 Å². The highest BCUT2D eigenvalue weighted by Gasteiger charge is 1.96. The number of aliphatic imine (C=N–C) groups is 1. The molecule has 0 radical (unpaired) electrons. The molecule has 0 heterocycles. The Labute approximate surface area is 80.2 Å². The molecule has 6 nitrogen and oxygen atoms in total. The van der Waals surface area contributed by atoms with E-state index >= 15 is 0 Å². The van der Waals surface area contributed by atoms with Gasteiger partial charge in [-0.15, -0.1) is 0 Å². The molecule has 0 spiro atoms. The number of primary amides is 1. The van der Waals surface area contributed by atoms with E-state index in [-0.39, 0.29) is 11.7 Å². The van der Waals surface area contributed by atoms with Crippen molar-refractivity contribution in [2.45, 2.75) is 0 Å². The molecule has 1 rings (SSSR count). The summed E-state index contributed by atoms with van der Waals surface area (Å²) < 4.78 is 0. The van der Waals surface area contributed by atoms with Gasteiger partial charge in [-0.2, -0.15) is 0 Å². The normalized spacial score (nSPS) is 11.0. The highest BCUT2D eigenvalue weighted by atomic mass is 16.3. The van der Waals surface area contributed by atoms with E-state index in [4.69, 9.17) is 16.6 Å². The highest BCUT2D eigenvalue weighted by Crippen LogP contribution is 2.15. The van der Waals surface area contributed by atoms with Gasteiger partial charge in [0.15, 0.2) is 0 Å². The van der Waals surface area contributed by atoms with Gasteiger partial charge in [-0.1, -0.05) is 0 Å². The fourth-order valence-electron chi connectivity index (χ4n) is 0.820. The minimum Gasteiger partial charge on any atom is -0.508 e. The predicted molar refractivity (Wildman–Crippen MR) is 52.1 cm³/mol. The first-order chi connectivity index (χ1) is 6.58. The molecule has 0 unspecified atom stereocenters. The molecule has 74 valence electrons. The Morgan fingerprint density at radius 1 is 1.29 bits per heavy atom. The van der Waals surface area contributed by atoms with Gasteiger partial charge in [0.25, 0.3) is 0 Å². The molecular formula is C8H10N4O2. The Morgan fingerprint density at radius 3 is 2.36 bits per heavy atom. The summed E-state index contributed by atoms with van der Waals surface area (Å²) in [6.07, 6.45) is 0. The number of urea groups is 1. The third kappa shape index (κ3) is 3.02. The molecule has 0 saturated carbocycles. The lowest BCUT2D eigenvalue weighted by molar-refractivity contribution is 0.253. The molecule has 0 aliphatic carbocycles. The van der Waals surface area contributed by atoms with Crippen molar-refractivity contribution in [1.29, 1.82) is 0 Å². The minimum absolute atomic E-state index is 0.0943. The van der Waals surface area contributed by atoms with E-state index in [0.717, 1.165) is 0 Å². The fraction of sp³-hybridized carbons (Fsp3) is 0. The van der Waals surface area contributed by atoms with Crippen molar-refractivity contribution < 1.29 is 9.90 Å². The number of aromatic hydroxyl groups is 1. The smallest absolute Gasteiger partial charge is 0.318 e. The zero-order chi connectivity index (χ0) is 10.6. The maximum atomic E-state index is 10.4. The first-order valence-corrected chi connectivity index (χ1v) is 3.77. The lowest BCUT2D eigenvalue weighted by Gasteiger charge is -1.99. The number of benzene rings is 1. The van der Waals surface area contributed by atoms with Gasteiger partial charge >= 0.3 is 6.03 Å². The predicted octanol–water partition coefficient (Wildman–Crippen LogP) is 0.00670. The molecule has 6 N–H and O–H groups in total. The lowest BCUT2D eigenvalue weighted by atomic mass is 10.3. The van der Waals surface area contributed by atoms with Crippen LogP contribution in [-0.4, -0.2) is 17.1 Å². The van der Waals surface area contributed by atoms with E-state index < -0.39 is 6.03 Å². The molecule has 0 fully saturated rings. The van der Waals surface area contributed by atoms with Crippen LogP contribution in [0.4, 0.5) is 10.5 Å². The zero-order valence-corrected chi connectivity index (χ0v) is 7.27.